The number of rotatable bonds is 64. The number of quaternary nitrogens is 1. The van der Waals surface area contributed by atoms with Gasteiger partial charge < -0.3 is 28.8 Å². The second-order valence-electron chi connectivity index (χ2n) is 24.9. The van der Waals surface area contributed by atoms with E-state index >= 15 is 0 Å². The van der Waals surface area contributed by atoms with Crippen molar-refractivity contribution in [2.24, 2.45) is 0 Å². The van der Waals surface area contributed by atoms with Crippen molar-refractivity contribution < 1.29 is 32.9 Å². The van der Waals surface area contributed by atoms with Crippen LogP contribution in [-0.2, 0) is 18.4 Å². The Bertz CT molecular complexity index is 1300. The van der Waals surface area contributed by atoms with Crippen molar-refractivity contribution in [3.8, 4) is 0 Å². The third-order valence-electron chi connectivity index (χ3n) is 15.9. The van der Waals surface area contributed by atoms with Crippen LogP contribution in [0.15, 0.2) is 24.3 Å². The van der Waals surface area contributed by atoms with Crippen molar-refractivity contribution in [1.29, 1.82) is 0 Å². The maximum absolute atomic E-state index is 13.0. The largest absolute Gasteiger partial charge is 0.756 e. The number of aliphatic hydroxyl groups is 1. The molecule has 8 nitrogen and oxygen atoms in total. The molecule has 0 spiro atoms. The number of unbranched alkanes of at least 4 members (excludes halogenated alkanes) is 47. The molecule has 458 valence electrons. The molecule has 1 amide bonds. The molecule has 0 heterocycles. The van der Waals surface area contributed by atoms with Gasteiger partial charge in [-0.2, -0.15) is 0 Å². The zero-order valence-corrected chi connectivity index (χ0v) is 53.3. The Morgan fingerprint density at radius 2 is 0.753 bits per heavy atom. The number of phosphoric ester groups is 1. The molecular formula is C68H135N2O6P. The van der Waals surface area contributed by atoms with Crippen molar-refractivity contribution >= 4 is 13.7 Å². The number of nitrogens with one attached hydrogen (secondary N) is 1. The molecule has 0 aromatic heterocycles. The molecule has 0 saturated carbocycles. The minimum Gasteiger partial charge on any atom is -0.756 e. The average Bonchev–Trinajstić information content (AvgIpc) is 3.39. The quantitative estimate of drug-likeness (QED) is 0.0272. The van der Waals surface area contributed by atoms with Crippen molar-refractivity contribution in [1.82, 2.24) is 5.32 Å². The van der Waals surface area contributed by atoms with Gasteiger partial charge in [-0.25, -0.2) is 0 Å². The van der Waals surface area contributed by atoms with Crippen LogP contribution in [0, 0.1) is 0 Å². The Labute approximate surface area is 481 Å². The third-order valence-corrected chi connectivity index (χ3v) is 16.9. The molecule has 3 atom stereocenters. The molecule has 3 unspecified atom stereocenters. The summed E-state index contributed by atoms with van der Waals surface area (Å²) in [4.78, 5) is 25.6. The normalized spacial score (nSPS) is 13.8. The van der Waals surface area contributed by atoms with Crippen LogP contribution in [0.3, 0.4) is 0 Å². The van der Waals surface area contributed by atoms with Crippen LogP contribution in [0.1, 0.15) is 354 Å². The molecule has 0 aromatic rings. The van der Waals surface area contributed by atoms with Gasteiger partial charge in [0.05, 0.1) is 39.9 Å². The van der Waals surface area contributed by atoms with Crippen LogP contribution < -0.4 is 10.2 Å². The lowest BCUT2D eigenvalue weighted by Crippen LogP contribution is -2.46. The van der Waals surface area contributed by atoms with Crippen LogP contribution in [0.4, 0.5) is 0 Å². The van der Waals surface area contributed by atoms with E-state index in [-0.39, 0.29) is 19.1 Å². The SMILES string of the molecule is CCCCCCC/C=C\C/C=C\CCCCCCCCCCCCCCCCCCCCCCCCCCCCCC(=O)NC(COP(=O)([O-])OCC[N+](C)(C)C)C(O)CCCCCCCCCCCCCCCCCC. The lowest BCUT2D eigenvalue weighted by atomic mass is 10.0. The van der Waals surface area contributed by atoms with Crippen molar-refractivity contribution in [2.45, 2.75) is 366 Å². The number of hydrogen-bond donors (Lipinski definition) is 2. The highest BCUT2D eigenvalue weighted by Crippen LogP contribution is 2.38. The molecule has 0 saturated heterocycles. The molecule has 0 aliphatic carbocycles. The zero-order chi connectivity index (χ0) is 56.3. The van der Waals surface area contributed by atoms with E-state index in [4.69, 9.17) is 9.05 Å². The molecule has 0 radical (unpaired) electrons. The summed E-state index contributed by atoms with van der Waals surface area (Å²) in [6.07, 6.45) is 76.9. The molecule has 9 heteroatoms. The number of allylic oxidation sites excluding steroid dienone is 4. The summed E-state index contributed by atoms with van der Waals surface area (Å²) in [6.45, 7) is 4.76. The van der Waals surface area contributed by atoms with E-state index < -0.39 is 20.0 Å². The summed E-state index contributed by atoms with van der Waals surface area (Å²) in [6, 6.07) is -0.797. The minimum absolute atomic E-state index is 0.0155. The van der Waals surface area contributed by atoms with E-state index in [0.29, 0.717) is 23.9 Å². The van der Waals surface area contributed by atoms with Gasteiger partial charge in [-0.15, -0.1) is 0 Å². The summed E-state index contributed by atoms with van der Waals surface area (Å²) in [5, 5.41) is 14.0. The fourth-order valence-electron chi connectivity index (χ4n) is 10.6. The first-order chi connectivity index (χ1) is 37.5. The van der Waals surface area contributed by atoms with Crippen LogP contribution >= 0.6 is 7.82 Å². The lowest BCUT2D eigenvalue weighted by Gasteiger charge is -2.30. The van der Waals surface area contributed by atoms with E-state index in [2.05, 4.69) is 43.5 Å². The lowest BCUT2D eigenvalue weighted by molar-refractivity contribution is -0.870. The Morgan fingerprint density at radius 1 is 0.455 bits per heavy atom. The molecule has 2 N–H and O–H groups in total. The van der Waals surface area contributed by atoms with E-state index in [1.165, 1.54) is 283 Å². The number of hydrogen-bond acceptors (Lipinski definition) is 6. The highest BCUT2D eigenvalue weighted by Gasteiger charge is 2.24. The van der Waals surface area contributed by atoms with Crippen LogP contribution in [0.2, 0.25) is 0 Å². The predicted molar refractivity (Wildman–Crippen MR) is 335 cm³/mol. The molecule has 0 fully saturated rings. The Hall–Kier alpha value is -1.02. The van der Waals surface area contributed by atoms with Crippen LogP contribution in [0.25, 0.3) is 0 Å². The first-order valence-electron chi connectivity index (χ1n) is 34.2. The Balaban J connectivity index is 3.86. The monoisotopic (exact) mass is 1110 g/mol. The molecular weight excluding hydrogens is 972 g/mol. The smallest absolute Gasteiger partial charge is 0.268 e. The highest BCUT2D eigenvalue weighted by atomic mass is 31.2. The second kappa shape index (κ2) is 59.6. The van der Waals surface area contributed by atoms with Gasteiger partial charge in [-0.05, 0) is 44.9 Å². The highest BCUT2D eigenvalue weighted by molar-refractivity contribution is 7.45. The minimum atomic E-state index is -4.57. The number of carbonyl (C=O) groups is 1. The molecule has 0 rings (SSSR count). The topological polar surface area (TPSA) is 108 Å². The number of amides is 1. The van der Waals surface area contributed by atoms with Gasteiger partial charge >= 0.3 is 0 Å². The molecule has 77 heavy (non-hydrogen) atoms. The number of phosphoric acid groups is 1. The van der Waals surface area contributed by atoms with E-state index in [1.54, 1.807) is 0 Å². The first kappa shape index (κ1) is 76.0. The number of aliphatic hydroxyl groups excluding tert-OH is 1. The van der Waals surface area contributed by atoms with Gasteiger partial charge in [0, 0.05) is 6.42 Å². The fourth-order valence-corrected chi connectivity index (χ4v) is 11.3. The molecule has 0 aliphatic heterocycles. The van der Waals surface area contributed by atoms with E-state index in [9.17, 15) is 19.4 Å². The van der Waals surface area contributed by atoms with Crippen LogP contribution in [-0.4, -0.2) is 68.5 Å². The van der Waals surface area contributed by atoms with E-state index in [1.807, 2.05) is 21.1 Å². The van der Waals surface area contributed by atoms with Crippen LogP contribution in [0.5, 0.6) is 0 Å². The maximum Gasteiger partial charge on any atom is 0.268 e. The van der Waals surface area contributed by atoms with Gasteiger partial charge in [0.15, 0.2) is 0 Å². The maximum atomic E-state index is 13.0. The third kappa shape index (κ3) is 62.4. The standard InChI is InChI=1S/C68H135N2O6P/c1-6-8-10-12-14-16-18-20-22-24-25-26-27-28-29-30-31-32-33-34-35-36-37-38-39-40-41-42-43-44-45-46-48-50-52-54-56-58-60-62-68(72)69-66(65-76-77(73,74)75-64-63-70(3,4)5)67(71)61-59-57-55-53-51-49-47-23-21-19-17-15-13-11-9-7-2/h18,20,24-25,66-67,71H,6-17,19,21-23,26-65H2,1-5H3,(H-,69,72,73,74)/b20-18-,25-24-. The summed E-state index contributed by atoms with van der Waals surface area (Å²) in [5.41, 5.74) is 0. The summed E-state index contributed by atoms with van der Waals surface area (Å²) in [5.74, 6) is -0.157. The van der Waals surface area contributed by atoms with Crippen molar-refractivity contribution in [3.63, 3.8) is 0 Å². The van der Waals surface area contributed by atoms with Crippen molar-refractivity contribution in [3.05, 3.63) is 24.3 Å². The number of likely N-dealkylation sites (N-methyl/N-ethyl adjacent to an activating group) is 1. The summed E-state index contributed by atoms with van der Waals surface area (Å²) < 4.78 is 23.5. The summed E-state index contributed by atoms with van der Waals surface area (Å²) in [7, 11) is 1.32. The first-order valence-corrected chi connectivity index (χ1v) is 35.6. The average molecular weight is 1110 g/mol. The zero-order valence-electron chi connectivity index (χ0n) is 52.4. The van der Waals surface area contributed by atoms with Crippen molar-refractivity contribution in [2.75, 3.05) is 40.9 Å². The number of carbonyl (C=O) groups excluding carboxylic acids is 1. The van der Waals surface area contributed by atoms with Gasteiger partial charge in [-0.1, -0.05) is 327 Å². The van der Waals surface area contributed by atoms with Gasteiger partial charge in [0.1, 0.15) is 13.2 Å². The predicted octanol–water partition coefficient (Wildman–Crippen LogP) is 20.9. The molecule has 0 aliphatic rings. The second-order valence-corrected chi connectivity index (χ2v) is 26.3. The summed E-state index contributed by atoms with van der Waals surface area (Å²) >= 11 is 0. The fraction of sp³-hybridized carbons (Fsp3) is 0.926. The molecule has 0 bridgehead atoms. The van der Waals surface area contributed by atoms with Gasteiger partial charge in [0.25, 0.3) is 7.82 Å². The Morgan fingerprint density at radius 3 is 1.08 bits per heavy atom. The van der Waals surface area contributed by atoms with E-state index in [0.717, 1.165) is 44.9 Å². The van der Waals surface area contributed by atoms with Gasteiger partial charge in [0.2, 0.25) is 5.91 Å². The van der Waals surface area contributed by atoms with Gasteiger partial charge in [-0.3, -0.25) is 9.36 Å². The Kier molecular flexibility index (Phi) is 58.8. The molecule has 0 aromatic carbocycles. The number of nitrogens with zero attached hydrogens (tertiary/aromatic N) is 1.